The fraction of sp³-hybridized carbons (Fsp3) is 0.483. The van der Waals surface area contributed by atoms with Crippen molar-refractivity contribution in [2.75, 3.05) is 5.32 Å². The number of para-hydroxylation sites is 1. The van der Waals surface area contributed by atoms with Crippen molar-refractivity contribution in [3.8, 4) is 0 Å². The van der Waals surface area contributed by atoms with E-state index in [4.69, 9.17) is 4.74 Å². The van der Waals surface area contributed by atoms with Crippen LogP contribution in [0.5, 0.6) is 0 Å². The molecule has 196 valence electrons. The third kappa shape index (κ3) is 7.83. The molecule has 7 nitrogen and oxygen atoms in total. The van der Waals surface area contributed by atoms with Crippen molar-refractivity contribution >= 4 is 23.6 Å². The molecule has 2 aromatic carbocycles. The van der Waals surface area contributed by atoms with Gasteiger partial charge in [0.2, 0.25) is 5.91 Å². The molecule has 0 bridgehead atoms. The van der Waals surface area contributed by atoms with Crippen LogP contribution < -0.4 is 10.6 Å². The third-order valence-corrected chi connectivity index (χ3v) is 5.59. The van der Waals surface area contributed by atoms with Crippen molar-refractivity contribution in [3.63, 3.8) is 0 Å². The summed E-state index contributed by atoms with van der Waals surface area (Å²) in [6.07, 6.45) is -0.677. The van der Waals surface area contributed by atoms with E-state index in [1.54, 1.807) is 25.7 Å². The van der Waals surface area contributed by atoms with E-state index in [1.165, 1.54) is 0 Å². The molecular weight excluding hydrogens is 454 g/mol. The van der Waals surface area contributed by atoms with Crippen LogP contribution in [0.3, 0.4) is 0 Å². The number of aryl methyl sites for hydroxylation is 1. The first-order valence-corrected chi connectivity index (χ1v) is 12.4. The van der Waals surface area contributed by atoms with Crippen LogP contribution in [0.15, 0.2) is 54.6 Å². The fourth-order valence-electron chi connectivity index (χ4n) is 3.91. The van der Waals surface area contributed by atoms with E-state index in [-0.39, 0.29) is 17.7 Å². The van der Waals surface area contributed by atoms with E-state index < -0.39 is 29.3 Å². The minimum absolute atomic E-state index is 0.245. The van der Waals surface area contributed by atoms with Crippen LogP contribution >= 0.6 is 0 Å². The smallest absolute Gasteiger partial charge is 0.408 e. The Balaban J connectivity index is 2.54. The van der Waals surface area contributed by atoms with Gasteiger partial charge in [0.05, 0.1) is 0 Å². The zero-order valence-corrected chi connectivity index (χ0v) is 23.0. The topological polar surface area (TPSA) is 87.7 Å². The molecule has 0 aliphatic rings. The molecule has 2 rings (SSSR count). The number of ether oxygens (including phenoxy) is 1. The van der Waals surface area contributed by atoms with E-state index in [9.17, 15) is 14.4 Å². The number of anilines is 1. The molecule has 0 spiro atoms. The Morgan fingerprint density at radius 1 is 0.861 bits per heavy atom. The molecule has 3 amide bonds. The summed E-state index contributed by atoms with van der Waals surface area (Å²) in [6, 6.07) is 14.9. The third-order valence-electron chi connectivity index (χ3n) is 5.59. The van der Waals surface area contributed by atoms with Crippen molar-refractivity contribution < 1.29 is 19.1 Å². The number of hydrogen-bond acceptors (Lipinski definition) is 4. The normalized spacial score (nSPS) is 13.5. The largest absolute Gasteiger partial charge is 0.444 e. The molecule has 0 saturated heterocycles. The number of nitrogens with zero attached hydrogens (tertiary/aromatic N) is 1. The number of rotatable bonds is 7. The van der Waals surface area contributed by atoms with Crippen LogP contribution in [0.25, 0.3) is 0 Å². The molecule has 0 aliphatic carbocycles. The van der Waals surface area contributed by atoms with Gasteiger partial charge in [0.1, 0.15) is 17.7 Å². The molecule has 2 unspecified atom stereocenters. The summed E-state index contributed by atoms with van der Waals surface area (Å²) in [5, 5.41) is 5.76. The number of carbonyl (C=O) groups excluding carboxylic acids is 3. The average molecular weight is 496 g/mol. The van der Waals surface area contributed by atoms with Crippen LogP contribution in [0.1, 0.15) is 72.6 Å². The van der Waals surface area contributed by atoms with Crippen molar-refractivity contribution in [2.24, 2.45) is 5.92 Å². The lowest BCUT2D eigenvalue weighted by Crippen LogP contribution is -2.59. The summed E-state index contributed by atoms with van der Waals surface area (Å²) in [6.45, 7) is 16.6. The molecule has 0 heterocycles. The monoisotopic (exact) mass is 495 g/mol. The van der Waals surface area contributed by atoms with Crippen LogP contribution in [0.4, 0.5) is 10.5 Å². The van der Waals surface area contributed by atoms with Crippen LogP contribution in [-0.2, 0) is 14.3 Å². The lowest BCUT2D eigenvalue weighted by atomic mass is 9.93. The Morgan fingerprint density at radius 3 is 1.92 bits per heavy atom. The number of alkyl carbamates (subject to hydrolysis) is 1. The number of benzene rings is 2. The minimum Gasteiger partial charge on any atom is -0.444 e. The Hall–Kier alpha value is -3.35. The molecule has 2 aromatic rings. The number of carbonyl (C=O) groups is 3. The summed E-state index contributed by atoms with van der Waals surface area (Å²) in [7, 11) is 0. The van der Waals surface area contributed by atoms with Gasteiger partial charge in [0, 0.05) is 11.2 Å². The maximum atomic E-state index is 14.1. The van der Waals surface area contributed by atoms with Gasteiger partial charge in [-0.1, -0.05) is 62.4 Å². The van der Waals surface area contributed by atoms with Crippen molar-refractivity contribution in [1.29, 1.82) is 0 Å². The SMILES string of the molecule is Cc1ccccc1NC(=O)C(c1ccccc1)N(C(=O)C(NC(=O)OC(C)(C)C)C(C)C)C(C)(C)C. The van der Waals surface area contributed by atoms with Gasteiger partial charge < -0.3 is 20.3 Å². The molecule has 0 aromatic heterocycles. The highest BCUT2D eigenvalue weighted by atomic mass is 16.6. The van der Waals surface area contributed by atoms with E-state index in [0.29, 0.717) is 11.3 Å². The number of nitrogens with one attached hydrogen (secondary N) is 2. The molecule has 0 radical (unpaired) electrons. The fourth-order valence-corrected chi connectivity index (χ4v) is 3.91. The quantitative estimate of drug-likeness (QED) is 0.504. The Bertz CT molecular complexity index is 1050. The van der Waals surface area contributed by atoms with Crippen molar-refractivity contribution in [1.82, 2.24) is 10.2 Å². The van der Waals surface area contributed by atoms with E-state index in [0.717, 1.165) is 5.56 Å². The second-order valence-electron chi connectivity index (χ2n) is 11.4. The highest BCUT2D eigenvalue weighted by Gasteiger charge is 2.42. The minimum atomic E-state index is -0.931. The first-order valence-electron chi connectivity index (χ1n) is 12.4. The molecule has 0 fully saturated rings. The summed E-state index contributed by atoms with van der Waals surface area (Å²) in [5.41, 5.74) is 0.809. The van der Waals surface area contributed by atoms with E-state index >= 15 is 0 Å². The van der Waals surface area contributed by atoms with Crippen LogP contribution in [0, 0.1) is 12.8 Å². The molecule has 2 atom stereocenters. The van der Waals surface area contributed by atoms with Gasteiger partial charge in [-0.3, -0.25) is 9.59 Å². The zero-order valence-electron chi connectivity index (χ0n) is 23.0. The second kappa shape index (κ2) is 11.6. The molecule has 36 heavy (non-hydrogen) atoms. The summed E-state index contributed by atoms with van der Waals surface area (Å²) >= 11 is 0. The Kier molecular flexibility index (Phi) is 9.30. The van der Waals surface area contributed by atoms with Gasteiger partial charge in [0.15, 0.2) is 0 Å². The molecule has 2 N–H and O–H groups in total. The first-order chi connectivity index (χ1) is 16.6. The summed E-state index contributed by atoms with van der Waals surface area (Å²) in [5.74, 6) is -0.943. The van der Waals surface area contributed by atoms with Gasteiger partial charge in [-0.15, -0.1) is 0 Å². The Labute approximate surface area is 215 Å². The van der Waals surface area contributed by atoms with Gasteiger partial charge >= 0.3 is 6.09 Å². The molecule has 0 saturated carbocycles. The predicted octanol–water partition coefficient (Wildman–Crippen LogP) is 5.85. The summed E-state index contributed by atoms with van der Waals surface area (Å²) in [4.78, 5) is 42.2. The lowest BCUT2D eigenvalue weighted by molar-refractivity contribution is -0.147. The lowest BCUT2D eigenvalue weighted by Gasteiger charge is -2.43. The van der Waals surface area contributed by atoms with Crippen molar-refractivity contribution in [3.05, 3.63) is 65.7 Å². The zero-order chi connectivity index (χ0) is 27.3. The number of hydrogen-bond donors (Lipinski definition) is 2. The molecular formula is C29H41N3O4. The van der Waals surface area contributed by atoms with Crippen LogP contribution in [0.2, 0.25) is 0 Å². The average Bonchev–Trinajstić information content (AvgIpc) is 2.75. The second-order valence-corrected chi connectivity index (χ2v) is 11.4. The molecule has 7 heteroatoms. The summed E-state index contributed by atoms with van der Waals surface area (Å²) < 4.78 is 5.42. The van der Waals surface area contributed by atoms with Crippen molar-refractivity contribution in [2.45, 2.75) is 85.5 Å². The molecule has 0 aliphatic heterocycles. The van der Waals surface area contributed by atoms with Crippen LogP contribution in [-0.4, -0.2) is 40.0 Å². The Morgan fingerprint density at radius 2 is 1.42 bits per heavy atom. The van der Waals surface area contributed by atoms with E-state index in [1.807, 2.05) is 96.1 Å². The highest BCUT2D eigenvalue weighted by molar-refractivity contribution is 5.99. The maximum absolute atomic E-state index is 14.1. The maximum Gasteiger partial charge on any atom is 0.408 e. The predicted molar refractivity (Wildman–Crippen MR) is 144 cm³/mol. The van der Waals surface area contributed by atoms with Gasteiger partial charge in [-0.05, 0) is 71.6 Å². The standard InChI is InChI=1S/C29H41N3O4/c1-19(2)23(31-27(35)36-29(7,8)9)26(34)32(28(4,5)6)24(21-16-11-10-12-17-21)25(33)30-22-18-14-13-15-20(22)3/h10-19,23-24H,1-9H3,(H,30,33)(H,31,35). The van der Waals surface area contributed by atoms with Gasteiger partial charge in [0.25, 0.3) is 5.91 Å². The van der Waals surface area contributed by atoms with E-state index in [2.05, 4.69) is 10.6 Å². The van der Waals surface area contributed by atoms with Gasteiger partial charge in [-0.25, -0.2) is 4.79 Å². The van der Waals surface area contributed by atoms with Gasteiger partial charge in [-0.2, -0.15) is 0 Å². The first kappa shape index (κ1) is 28.9. The highest BCUT2D eigenvalue weighted by Crippen LogP contribution is 2.32. The number of amides is 3.